The zero-order valence-electron chi connectivity index (χ0n) is 26.6. The maximum absolute atomic E-state index is 2.50. The summed E-state index contributed by atoms with van der Waals surface area (Å²) in [6, 6.07) is 66.2. The van der Waals surface area contributed by atoms with Crippen molar-refractivity contribution in [1.29, 1.82) is 0 Å². The Bertz CT molecular complexity index is 2830. The smallest absolute Gasteiger partial charge is 0.0782 e. The zero-order valence-corrected chi connectivity index (χ0v) is 27.4. The third-order valence-corrected chi connectivity index (χ3v) is 10.9. The Hall–Kier alpha value is -6.16. The molecule has 0 unspecified atom stereocenters. The van der Waals surface area contributed by atoms with E-state index in [2.05, 4.69) is 191 Å². The molecule has 0 aliphatic heterocycles. The Morgan fingerprint density at radius 2 is 1.04 bits per heavy atom. The summed E-state index contributed by atoms with van der Waals surface area (Å²) in [5, 5.41) is 7.61. The summed E-state index contributed by atoms with van der Waals surface area (Å²) in [6.45, 7) is 0. The van der Waals surface area contributed by atoms with Crippen LogP contribution in [0.3, 0.4) is 0 Å². The van der Waals surface area contributed by atoms with Gasteiger partial charge in [0.2, 0.25) is 0 Å². The minimum absolute atomic E-state index is 1.12. The van der Waals surface area contributed by atoms with Crippen LogP contribution in [0.1, 0.15) is 0 Å². The van der Waals surface area contributed by atoms with Crippen molar-refractivity contribution >= 4 is 81.1 Å². The van der Waals surface area contributed by atoms with Gasteiger partial charge in [0.25, 0.3) is 0 Å². The van der Waals surface area contributed by atoms with Crippen LogP contribution in [0.25, 0.3) is 69.6 Å². The molecule has 0 atom stereocenters. The summed E-state index contributed by atoms with van der Waals surface area (Å²) in [7, 11) is 0. The van der Waals surface area contributed by atoms with Gasteiger partial charge < -0.3 is 9.47 Å². The normalized spacial score (nSPS) is 11.7. The molecule has 2 aromatic heterocycles. The molecule has 0 saturated heterocycles. The first-order valence-corrected chi connectivity index (χ1v) is 17.5. The van der Waals surface area contributed by atoms with Crippen molar-refractivity contribution in [3.63, 3.8) is 0 Å². The Balaban J connectivity index is 1.36. The first-order chi connectivity index (χ1) is 24.3. The number of thiophene rings is 1. The summed E-state index contributed by atoms with van der Waals surface area (Å²) in [5.41, 5.74) is 9.32. The van der Waals surface area contributed by atoms with Crippen LogP contribution < -0.4 is 4.90 Å². The van der Waals surface area contributed by atoms with E-state index in [0.29, 0.717) is 0 Å². The number of fused-ring (bicyclic) bond motifs is 8. The van der Waals surface area contributed by atoms with Crippen LogP contribution in [0.2, 0.25) is 0 Å². The largest absolute Gasteiger partial charge is 0.308 e. The average Bonchev–Trinajstić information content (AvgIpc) is 3.72. The highest BCUT2D eigenvalue weighted by atomic mass is 32.1. The summed E-state index contributed by atoms with van der Waals surface area (Å²) in [5.74, 6) is 0. The Labute approximate surface area is 288 Å². The molecule has 10 aromatic rings. The van der Waals surface area contributed by atoms with Crippen molar-refractivity contribution in [3.05, 3.63) is 182 Å². The van der Waals surface area contributed by atoms with Gasteiger partial charge in [0.15, 0.2) is 0 Å². The van der Waals surface area contributed by atoms with Gasteiger partial charge in [-0.2, -0.15) is 0 Å². The van der Waals surface area contributed by atoms with Crippen molar-refractivity contribution < 1.29 is 0 Å². The van der Waals surface area contributed by atoms with Gasteiger partial charge in [-0.25, -0.2) is 0 Å². The molecule has 2 heterocycles. The number of hydrogen-bond acceptors (Lipinski definition) is 2. The summed E-state index contributed by atoms with van der Waals surface area (Å²) >= 11 is 1.87. The lowest BCUT2D eigenvalue weighted by molar-refractivity contribution is 1.17. The highest BCUT2D eigenvalue weighted by molar-refractivity contribution is 7.26. The van der Waals surface area contributed by atoms with Gasteiger partial charge in [-0.15, -0.1) is 11.3 Å². The summed E-state index contributed by atoms with van der Waals surface area (Å²) < 4.78 is 5.03. The molecular formula is C46H30N2S. The van der Waals surface area contributed by atoms with Crippen molar-refractivity contribution in [2.24, 2.45) is 0 Å². The molecule has 0 amide bonds. The van der Waals surface area contributed by atoms with Gasteiger partial charge in [0.05, 0.1) is 22.4 Å². The highest BCUT2D eigenvalue weighted by Gasteiger charge is 2.24. The van der Waals surface area contributed by atoms with Crippen LogP contribution in [0.4, 0.5) is 17.1 Å². The Morgan fingerprint density at radius 3 is 1.88 bits per heavy atom. The van der Waals surface area contributed by atoms with Crippen LogP contribution in [0.5, 0.6) is 0 Å². The highest BCUT2D eigenvalue weighted by Crippen LogP contribution is 2.49. The van der Waals surface area contributed by atoms with Crippen LogP contribution in [-0.2, 0) is 0 Å². The van der Waals surface area contributed by atoms with Gasteiger partial charge in [0, 0.05) is 47.7 Å². The van der Waals surface area contributed by atoms with Crippen molar-refractivity contribution in [3.8, 4) is 16.8 Å². The van der Waals surface area contributed by atoms with Crippen molar-refractivity contribution in [1.82, 2.24) is 4.57 Å². The van der Waals surface area contributed by atoms with Gasteiger partial charge >= 0.3 is 0 Å². The standard InChI is InChI=1S/C46H30N2S/c1-3-15-31(16-4-1)32-17-13-20-34(29-32)47(42-30-44-45(37-23-8-7-21-35(37)42)39-24-10-12-28-43(39)49-44)41-27-14-25-38-36-22-9-11-26-40(36)48(46(38)41)33-18-5-2-6-19-33/h1-30H. The predicted molar refractivity (Wildman–Crippen MR) is 211 cm³/mol. The lowest BCUT2D eigenvalue weighted by Gasteiger charge is -2.29. The minimum atomic E-state index is 1.12. The second-order valence-electron chi connectivity index (χ2n) is 12.5. The molecule has 0 aliphatic carbocycles. The van der Waals surface area contributed by atoms with E-state index < -0.39 is 0 Å². The minimum Gasteiger partial charge on any atom is -0.308 e. The van der Waals surface area contributed by atoms with Crippen molar-refractivity contribution in [2.75, 3.05) is 4.90 Å². The fourth-order valence-electron chi connectivity index (χ4n) is 7.64. The van der Waals surface area contributed by atoms with Gasteiger partial charge in [-0.1, -0.05) is 133 Å². The van der Waals surface area contributed by atoms with E-state index in [4.69, 9.17) is 0 Å². The number of aromatic nitrogens is 1. The number of rotatable bonds is 5. The van der Waals surface area contributed by atoms with Crippen LogP contribution in [-0.4, -0.2) is 4.57 Å². The molecule has 0 radical (unpaired) electrons. The molecule has 0 bridgehead atoms. The van der Waals surface area contributed by atoms with E-state index in [9.17, 15) is 0 Å². The number of para-hydroxylation sites is 3. The quantitative estimate of drug-likeness (QED) is 0.181. The fourth-order valence-corrected chi connectivity index (χ4v) is 8.80. The molecule has 8 aromatic carbocycles. The molecule has 2 nitrogen and oxygen atoms in total. The molecule has 0 spiro atoms. The first-order valence-electron chi connectivity index (χ1n) is 16.7. The first kappa shape index (κ1) is 27.9. The monoisotopic (exact) mass is 642 g/mol. The third-order valence-electron chi connectivity index (χ3n) is 9.74. The molecule has 3 heteroatoms. The van der Waals surface area contributed by atoms with Crippen LogP contribution >= 0.6 is 11.3 Å². The summed E-state index contributed by atoms with van der Waals surface area (Å²) in [4.78, 5) is 2.50. The molecule has 10 rings (SSSR count). The number of benzene rings is 8. The van der Waals surface area contributed by atoms with E-state index in [1.54, 1.807) is 0 Å². The van der Waals surface area contributed by atoms with E-state index >= 15 is 0 Å². The van der Waals surface area contributed by atoms with E-state index in [1.807, 2.05) is 11.3 Å². The lowest BCUT2D eigenvalue weighted by Crippen LogP contribution is -2.12. The van der Waals surface area contributed by atoms with Crippen LogP contribution in [0, 0.1) is 0 Å². The van der Waals surface area contributed by atoms with Crippen LogP contribution in [0.15, 0.2) is 182 Å². The van der Waals surface area contributed by atoms with Gasteiger partial charge in [0.1, 0.15) is 0 Å². The number of anilines is 3. The lowest BCUT2D eigenvalue weighted by atomic mass is 10.00. The Kier molecular flexibility index (Phi) is 6.39. The van der Waals surface area contributed by atoms with E-state index in [-0.39, 0.29) is 0 Å². The van der Waals surface area contributed by atoms with Gasteiger partial charge in [-0.05, 0) is 65.0 Å². The Morgan fingerprint density at radius 1 is 0.408 bits per heavy atom. The molecule has 0 saturated carbocycles. The molecule has 0 aliphatic rings. The molecule has 230 valence electrons. The summed E-state index contributed by atoms with van der Waals surface area (Å²) in [6.07, 6.45) is 0. The zero-order chi connectivity index (χ0) is 32.3. The molecular weight excluding hydrogens is 613 g/mol. The maximum Gasteiger partial charge on any atom is 0.0782 e. The topological polar surface area (TPSA) is 8.17 Å². The number of nitrogens with zero attached hydrogens (tertiary/aromatic N) is 2. The second-order valence-corrected chi connectivity index (χ2v) is 13.6. The molecule has 0 fully saturated rings. The van der Waals surface area contributed by atoms with E-state index in [1.165, 1.54) is 63.9 Å². The SMILES string of the molecule is c1ccc(-c2cccc(N(c3cc4sc5ccccc5c4c4ccccc34)c3cccc4c5ccccc5n(-c5ccccc5)c34)c2)cc1. The molecule has 0 N–H and O–H groups in total. The average molecular weight is 643 g/mol. The number of hydrogen-bond donors (Lipinski definition) is 0. The molecule has 49 heavy (non-hydrogen) atoms. The maximum atomic E-state index is 2.50. The van der Waals surface area contributed by atoms with Crippen molar-refractivity contribution in [2.45, 2.75) is 0 Å². The van der Waals surface area contributed by atoms with E-state index in [0.717, 1.165) is 22.7 Å². The third kappa shape index (κ3) is 4.40. The fraction of sp³-hybridized carbons (Fsp3) is 0. The second kappa shape index (κ2) is 11.2. The van der Waals surface area contributed by atoms with Gasteiger partial charge in [-0.3, -0.25) is 0 Å². The predicted octanol–water partition coefficient (Wildman–Crippen LogP) is 13.4.